The molecule has 0 saturated carbocycles. The average molecular weight is 376 g/mol. The van der Waals surface area contributed by atoms with E-state index in [1.54, 1.807) is 11.4 Å². The number of nitrogens with zero attached hydrogens (tertiary/aromatic N) is 1. The van der Waals surface area contributed by atoms with Crippen LogP contribution in [0.15, 0.2) is 28.5 Å². The number of amides is 2. The molecule has 0 aromatic carbocycles. The Bertz CT molecular complexity index is 826. The zero-order valence-electron chi connectivity index (χ0n) is 14.1. The fourth-order valence-corrected chi connectivity index (χ4v) is 3.35. The van der Waals surface area contributed by atoms with Crippen LogP contribution in [-0.4, -0.2) is 41.0 Å². The first-order valence-electron chi connectivity index (χ1n) is 8.43. The number of carbonyl (C=O) groups is 2. The second-order valence-corrected chi connectivity index (χ2v) is 6.81. The molecule has 0 spiro atoms. The highest BCUT2D eigenvalue weighted by atomic mass is 32.1. The van der Waals surface area contributed by atoms with E-state index in [0.29, 0.717) is 24.5 Å². The number of hydrogen-bond donors (Lipinski definition) is 3. The number of rotatable bonds is 7. The summed E-state index contributed by atoms with van der Waals surface area (Å²) in [6.07, 6.45) is 4.42. The molecule has 8 nitrogen and oxygen atoms in total. The first kappa shape index (κ1) is 18.3. The summed E-state index contributed by atoms with van der Waals surface area (Å²) in [7, 11) is 0. The molecule has 2 aromatic rings. The van der Waals surface area contributed by atoms with Crippen LogP contribution >= 0.6 is 11.3 Å². The summed E-state index contributed by atoms with van der Waals surface area (Å²) in [6, 6.07) is 3.03. The lowest BCUT2D eigenvalue weighted by molar-refractivity contribution is -0.121. The Morgan fingerprint density at radius 2 is 2.31 bits per heavy atom. The highest BCUT2D eigenvalue weighted by Gasteiger charge is 2.16. The Morgan fingerprint density at radius 1 is 1.42 bits per heavy atom. The summed E-state index contributed by atoms with van der Waals surface area (Å²) in [4.78, 5) is 42.3. The maximum atomic E-state index is 12.1. The molecule has 3 heterocycles. The number of nitrogens with one attached hydrogen (secondary N) is 3. The van der Waals surface area contributed by atoms with Crippen LogP contribution in [0.3, 0.4) is 0 Å². The molecule has 1 aliphatic heterocycles. The zero-order valence-corrected chi connectivity index (χ0v) is 14.9. The van der Waals surface area contributed by atoms with Gasteiger partial charge in [-0.15, -0.1) is 11.3 Å². The minimum Gasteiger partial charge on any atom is -0.376 e. The molecule has 0 bridgehead atoms. The van der Waals surface area contributed by atoms with Crippen molar-refractivity contribution in [3.8, 4) is 0 Å². The van der Waals surface area contributed by atoms with Crippen molar-refractivity contribution < 1.29 is 14.3 Å². The predicted octanol–water partition coefficient (Wildman–Crippen LogP) is 1.31. The summed E-state index contributed by atoms with van der Waals surface area (Å²) in [6.45, 7) is 1.31. The van der Waals surface area contributed by atoms with E-state index >= 15 is 0 Å². The first-order valence-corrected chi connectivity index (χ1v) is 9.31. The van der Waals surface area contributed by atoms with Crippen molar-refractivity contribution in [2.24, 2.45) is 0 Å². The van der Waals surface area contributed by atoms with Gasteiger partial charge in [-0.3, -0.25) is 19.7 Å². The number of aromatic nitrogens is 2. The van der Waals surface area contributed by atoms with Gasteiger partial charge >= 0.3 is 0 Å². The van der Waals surface area contributed by atoms with Crippen molar-refractivity contribution in [1.29, 1.82) is 0 Å². The zero-order chi connectivity index (χ0) is 18.4. The van der Waals surface area contributed by atoms with Gasteiger partial charge in [0.1, 0.15) is 5.56 Å². The third kappa shape index (κ3) is 4.99. The van der Waals surface area contributed by atoms with Crippen molar-refractivity contribution in [2.75, 3.05) is 18.5 Å². The van der Waals surface area contributed by atoms with Crippen LogP contribution < -0.4 is 16.2 Å². The highest BCUT2D eigenvalue weighted by Crippen LogP contribution is 2.17. The van der Waals surface area contributed by atoms with E-state index in [9.17, 15) is 14.4 Å². The minimum absolute atomic E-state index is 0.0257. The SMILES string of the molecule is O=C(CCc1csc(NC(=O)c2ccc[nH]c2=O)n1)NC[C@H]1CCCO1. The molecule has 2 aromatic heterocycles. The Morgan fingerprint density at radius 3 is 3.08 bits per heavy atom. The molecule has 0 unspecified atom stereocenters. The van der Waals surface area contributed by atoms with Crippen LogP contribution in [0.25, 0.3) is 0 Å². The van der Waals surface area contributed by atoms with Gasteiger partial charge in [-0.25, -0.2) is 4.98 Å². The number of carbonyl (C=O) groups excluding carboxylic acids is 2. The van der Waals surface area contributed by atoms with Crippen molar-refractivity contribution in [2.45, 2.75) is 31.8 Å². The van der Waals surface area contributed by atoms with Crippen molar-refractivity contribution in [3.63, 3.8) is 0 Å². The molecule has 1 saturated heterocycles. The third-order valence-electron chi connectivity index (χ3n) is 3.99. The lowest BCUT2D eigenvalue weighted by Crippen LogP contribution is -2.31. The summed E-state index contributed by atoms with van der Waals surface area (Å²) < 4.78 is 5.46. The van der Waals surface area contributed by atoms with Crippen LogP contribution in [-0.2, 0) is 16.0 Å². The Balaban J connectivity index is 1.45. The van der Waals surface area contributed by atoms with E-state index in [2.05, 4.69) is 20.6 Å². The molecule has 0 aliphatic carbocycles. The summed E-state index contributed by atoms with van der Waals surface area (Å²) in [5, 5.41) is 7.65. The smallest absolute Gasteiger partial charge is 0.263 e. The number of aromatic amines is 1. The van der Waals surface area contributed by atoms with E-state index in [4.69, 9.17) is 4.74 Å². The Hall–Kier alpha value is -2.52. The van der Waals surface area contributed by atoms with E-state index < -0.39 is 11.5 Å². The summed E-state index contributed by atoms with van der Waals surface area (Å²) >= 11 is 1.26. The highest BCUT2D eigenvalue weighted by molar-refractivity contribution is 7.14. The van der Waals surface area contributed by atoms with E-state index in [1.165, 1.54) is 23.6 Å². The maximum absolute atomic E-state index is 12.1. The van der Waals surface area contributed by atoms with Crippen molar-refractivity contribution in [1.82, 2.24) is 15.3 Å². The van der Waals surface area contributed by atoms with Crippen LogP contribution in [0.4, 0.5) is 5.13 Å². The molecule has 138 valence electrons. The van der Waals surface area contributed by atoms with Gasteiger partial charge in [-0.2, -0.15) is 0 Å². The second kappa shape index (κ2) is 8.72. The van der Waals surface area contributed by atoms with Crippen LogP contribution in [0, 0.1) is 0 Å². The number of pyridine rings is 1. The van der Waals surface area contributed by atoms with Gasteiger partial charge in [-0.05, 0) is 31.4 Å². The van der Waals surface area contributed by atoms with Crippen LogP contribution in [0.1, 0.15) is 35.3 Å². The van der Waals surface area contributed by atoms with E-state index in [-0.39, 0.29) is 17.6 Å². The van der Waals surface area contributed by atoms with Gasteiger partial charge in [-0.1, -0.05) is 0 Å². The van der Waals surface area contributed by atoms with E-state index in [1.807, 2.05) is 0 Å². The first-order chi connectivity index (χ1) is 12.6. The topological polar surface area (TPSA) is 113 Å². The molecule has 1 atom stereocenters. The molecular weight excluding hydrogens is 356 g/mol. The molecule has 3 rings (SSSR count). The van der Waals surface area contributed by atoms with Crippen molar-refractivity contribution >= 4 is 28.3 Å². The van der Waals surface area contributed by atoms with Gasteiger partial charge in [0.2, 0.25) is 5.91 Å². The Kier molecular flexibility index (Phi) is 6.13. The summed E-state index contributed by atoms with van der Waals surface area (Å²) in [5.74, 6) is -0.558. The van der Waals surface area contributed by atoms with Crippen LogP contribution in [0.2, 0.25) is 0 Å². The number of hydrogen-bond acceptors (Lipinski definition) is 6. The molecule has 0 radical (unpaired) electrons. The third-order valence-corrected chi connectivity index (χ3v) is 4.80. The quantitative estimate of drug-likeness (QED) is 0.674. The number of H-pyrrole nitrogens is 1. The maximum Gasteiger partial charge on any atom is 0.263 e. The van der Waals surface area contributed by atoms with E-state index in [0.717, 1.165) is 25.1 Å². The normalized spacial score (nSPS) is 16.4. The van der Waals surface area contributed by atoms with Crippen molar-refractivity contribution in [3.05, 3.63) is 45.3 Å². The molecular formula is C17H20N4O4S. The molecule has 26 heavy (non-hydrogen) atoms. The fraction of sp³-hybridized carbons (Fsp3) is 0.412. The van der Waals surface area contributed by atoms with Gasteiger partial charge in [0.25, 0.3) is 11.5 Å². The molecule has 2 amide bonds. The lowest BCUT2D eigenvalue weighted by atomic mass is 10.2. The average Bonchev–Trinajstić information content (AvgIpc) is 3.30. The molecule has 3 N–H and O–H groups in total. The standard InChI is InChI=1S/C17H20N4O4S/c22-14(19-9-12-3-2-8-25-12)6-5-11-10-26-17(20-11)21-16(24)13-4-1-7-18-15(13)23/h1,4,7,10,12H,2-3,5-6,8-9H2,(H,18,23)(H,19,22)(H,20,21,24)/t12-/m1/s1. The number of anilines is 1. The fourth-order valence-electron chi connectivity index (χ4n) is 2.61. The predicted molar refractivity (Wildman–Crippen MR) is 97.4 cm³/mol. The van der Waals surface area contributed by atoms with Gasteiger partial charge in [0.05, 0.1) is 11.8 Å². The molecule has 1 fully saturated rings. The number of aryl methyl sites for hydroxylation is 1. The lowest BCUT2D eigenvalue weighted by Gasteiger charge is -2.10. The minimum atomic E-state index is -0.512. The van der Waals surface area contributed by atoms with Gasteiger partial charge in [0.15, 0.2) is 5.13 Å². The van der Waals surface area contributed by atoms with Crippen LogP contribution in [0.5, 0.6) is 0 Å². The monoisotopic (exact) mass is 376 g/mol. The molecule has 9 heteroatoms. The second-order valence-electron chi connectivity index (χ2n) is 5.95. The van der Waals surface area contributed by atoms with Gasteiger partial charge in [0, 0.05) is 31.1 Å². The molecule has 1 aliphatic rings. The number of thiazole rings is 1. The number of ether oxygens (including phenoxy) is 1. The largest absolute Gasteiger partial charge is 0.376 e. The Labute approximate surface area is 154 Å². The summed E-state index contributed by atoms with van der Waals surface area (Å²) in [5.41, 5.74) is 0.294. The van der Waals surface area contributed by atoms with Gasteiger partial charge < -0.3 is 15.0 Å².